The SMILES string of the molecule is NCCCCCCN[C@H](CC(=O)Nc1ccc(O)cc1)C(=O)O. The fourth-order valence-corrected chi connectivity index (χ4v) is 2.09. The Labute approximate surface area is 135 Å². The van der Waals surface area contributed by atoms with Crippen LogP contribution in [0.25, 0.3) is 0 Å². The van der Waals surface area contributed by atoms with E-state index in [4.69, 9.17) is 5.73 Å². The number of anilines is 1. The summed E-state index contributed by atoms with van der Waals surface area (Å²) in [5.41, 5.74) is 5.92. The maximum absolute atomic E-state index is 11.9. The molecule has 128 valence electrons. The molecule has 1 atom stereocenters. The maximum Gasteiger partial charge on any atom is 0.321 e. The molecule has 0 aliphatic rings. The Morgan fingerprint density at radius 2 is 1.74 bits per heavy atom. The first kappa shape index (κ1) is 18.9. The third-order valence-corrected chi connectivity index (χ3v) is 3.36. The Kier molecular flexibility index (Phi) is 8.71. The normalized spacial score (nSPS) is 11.9. The van der Waals surface area contributed by atoms with Crippen molar-refractivity contribution in [3.63, 3.8) is 0 Å². The van der Waals surface area contributed by atoms with Gasteiger partial charge in [0.25, 0.3) is 0 Å². The molecule has 1 aromatic carbocycles. The number of phenolic OH excluding ortho intramolecular Hbond substituents is 1. The number of aromatic hydroxyl groups is 1. The molecule has 0 aromatic heterocycles. The van der Waals surface area contributed by atoms with Crippen molar-refractivity contribution in [1.29, 1.82) is 0 Å². The van der Waals surface area contributed by atoms with Crippen molar-refractivity contribution in [2.24, 2.45) is 5.73 Å². The summed E-state index contributed by atoms with van der Waals surface area (Å²) in [5.74, 6) is -1.34. The van der Waals surface area contributed by atoms with E-state index < -0.39 is 17.9 Å². The highest BCUT2D eigenvalue weighted by molar-refractivity contribution is 5.94. The zero-order chi connectivity index (χ0) is 17.1. The van der Waals surface area contributed by atoms with E-state index in [2.05, 4.69) is 10.6 Å². The number of benzene rings is 1. The molecule has 0 fully saturated rings. The lowest BCUT2D eigenvalue weighted by Crippen LogP contribution is -2.40. The average Bonchev–Trinajstić information content (AvgIpc) is 2.51. The van der Waals surface area contributed by atoms with Crippen LogP contribution in [0.15, 0.2) is 24.3 Å². The minimum Gasteiger partial charge on any atom is -0.508 e. The molecule has 6 N–H and O–H groups in total. The van der Waals surface area contributed by atoms with Crippen LogP contribution in [0.5, 0.6) is 5.75 Å². The first-order chi connectivity index (χ1) is 11.0. The summed E-state index contributed by atoms with van der Waals surface area (Å²) < 4.78 is 0. The molecule has 1 amide bonds. The summed E-state index contributed by atoms with van der Waals surface area (Å²) in [6, 6.07) is 5.08. The second-order valence-electron chi connectivity index (χ2n) is 5.35. The van der Waals surface area contributed by atoms with Crippen LogP contribution >= 0.6 is 0 Å². The fraction of sp³-hybridized carbons (Fsp3) is 0.500. The third-order valence-electron chi connectivity index (χ3n) is 3.36. The number of hydrogen-bond donors (Lipinski definition) is 5. The van der Waals surface area contributed by atoms with Gasteiger partial charge in [-0.2, -0.15) is 0 Å². The van der Waals surface area contributed by atoms with E-state index in [0.717, 1.165) is 25.7 Å². The summed E-state index contributed by atoms with van der Waals surface area (Å²) in [7, 11) is 0. The van der Waals surface area contributed by atoms with E-state index in [1.54, 1.807) is 12.1 Å². The number of unbranched alkanes of at least 4 members (excludes halogenated alkanes) is 3. The van der Waals surface area contributed by atoms with Crippen LogP contribution in [-0.2, 0) is 9.59 Å². The highest BCUT2D eigenvalue weighted by Gasteiger charge is 2.20. The molecule has 23 heavy (non-hydrogen) atoms. The number of nitrogens with two attached hydrogens (primary N) is 1. The number of rotatable bonds is 11. The minimum absolute atomic E-state index is 0.0997. The molecule has 7 nitrogen and oxygen atoms in total. The molecule has 0 saturated carbocycles. The topological polar surface area (TPSA) is 125 Å². The smallest absolute Gasteiger partial charge is 0.321 e. The molecule has 7 heteroatoms. The number of carbonyl (C=O) groups excluding carboxylic acids is 1. The highest BCUT2D eigenvalue weighted by atomic mass is 16.4. The van der Waals surface area contributed by atoms with E-state index in [1.165, 1.54) is 12.1 Å². The van der Waals surface area contributed by atoms with Crippen molar-refractivity contribution in [1.82, 2.24) is 5.32 Å². The van der Waals surface area contributed by atoms with Gasteiger partial charge in [-0.15, -0.1) is 0 Å². The predicted octanol–water partition coefficient (Wildman–Crippen LogP) is 1.28. The van der Waals surface area contributed by atoms with Gasteiger partial charge >= 0.3 is 5.97 Å². The Balaban J connectivity index is 2.35. The average molecular weight is 323 g/mol. The summed E-state index contributed by atoms with van der Waals surface area (Å²) >= 11 is 0. The molecule has 0 aliphatic heterocycles. The molecular weight excluding hydrogens is 298 g/mol. The van der Waals surface area contributed by atoms with Crippen LogP contribution in [0, 0.1) is 0 Å². The van der Waals surface area contributed by atoms with E-state index in [-0.39, 0.29) is 12.2 Å². The van der Waals surface area contributed by atoms with Crippen molar-refractivity contribution in [2.45, 2.75) is 38.1 Å². The van der Waals surface area contributed by atoms with Crippen LogP contribution in [0.1, 0.15) is 32.1 Å². The monoisotopic (exact) mass is 323 g/mol. The van der Waals surface area contributed by atoms with Crippen LogP contribution in [0.4, 0.5) is 5.69 Å². The van der Waals surface area contributed by atoms with Crippen molar-refractivity contribution < 1.29 is 19.8 Å². The Morgan fingerprint density at radius 1 is 1.09 bits per heavy atom. The summed E-state index contributed by atoms with van der Waals surface area (Å²) in [4.78, 5) is 23.1. The maximum atomic E-state index is 11.9. The number of carboxylic acid groups (broad SMARTS) is 1. The summed E-state index contributed by atoms with van der Waals surface area (Å²) in [5, 5.41) is 23.8. The second kappa shape index (κ2) is 10.6. The van der Waals surface area contributed by atoms with Gasteiger partial charge in [-0.3, -0.25) is 9.59 Å². The number of carbonyl (C=O) groups is 2. The highest BCUT2D eigenvalue weighted by Crippen LogP contribution is 2.14. The quantitative estimate of drug-likeness (QED) is 0.309. The number of hydrogen-bond acceptors (Lipinski definition) is 5. The Morgan fingerprint density at radius 3 is 2.35 bits per heavy atom. The van der Waals surface area contributed by atoms with Gasteiger partial charge in [-0.1, -0.05) is 12.8 Å². The van der Waals surface area contributed by atoms with Gasteiger partial charge < -0.3 is 26.6 Å². The zero-order valence-corrected chi connectivity index (χ0v) is 13.1. The number of carboxylic acids is 1. The lowest BCUT2D eigenvalue weighted by atomic mass is 10.1. The number of nitrogens with one attached hydrogen (secondary N) is 2. The van der Waals surface area contributed by atoms with Gasteiger partial charge in [-0.25, -0.2) is 0 Å². The molecule has 0 spiro atoms. The summed E-state index contributed by atoms with van der Waals surface area (Å²) in [6.45, 7) is 1.22. The molecule has 1 rings (SSSR count). The molecule has 0 saturated heterocycles. The first-order valence-electron chi connectivity index (χ1n) is 7.78. The van der Waals surface area contributed by atoms with E-state index >= 15 is 0 Å². The zero-order valence-electron chi connectivity index (χ0n) is 13.1. The molecule has 1 aromatic rings. The summed E-state index contributed by atoms with van der Waals surface area (Å²) in [6.07, 6.45) is 3.67. The Hall–Kier alpha value is -2.12. The number of aliphatic carboxylic acids is 1. The molecule has 0 radical (unpaired) electrons. The van der Waals surface area contributed by atoms with E-state index in [1.807, 2.05) is 0 Å². The first-order valence-corrected chi connectivity index (χ1v) is 7.78. The minimum atomic E-state index is -1.05. The van der Waals surface area contributed by atoms with Gasteiger partial charge in [-0.05, 0) is 50.2 Å². The molecule has 0 bridgehead atoms. The third kappa shape index (κ3) is 8.18. The van der Waals surface area contributed by atoms with Gasteiger partial charge in [0.2, 0.25) is 5.91 Å². The number of phenols is 1. The van der Waals surface area contributed by atoms with Gasteiger partial charge in [0.15, 0.2) is 0 Å². The van der Waals surface area contributed by atoms with Gasteiger partial charge in [0.1, 0.15) is 11.8 Å². The van der Waals surface area contributed by atoms with Crippen LogP contribution < -0.4 is 16.4 Å². The molecule has 0 aliphatic carbocycles. The van der Waals surface area contributed by atoms with E-state index in [0.29, 0.717) is 18.8 Å². The Bertz CT molecular complexity index is 491. The van der Waals surface area contributed by atoms with Crippen LogP contribution in [0.2, 0.25) is 0 Å². The lowest BCUT2D eigenvalue weighted by Gasteiger charge is -2.14. The standard InChI is InChI=1S/C16H25N3O4/c17-9-3-1-2-4-10-18-14(16(22)23)11-15(21)19-12-5-7-13(20)8-6-12/h5-8,14,18,20H,1-4,9-11,17H2,(H,19,21)(H,22,23)/t14-/m1/s1. The van der Waals surface area contributed by atoms with Gasteiger partial charge in [0.05, 0.1) is 6.42 Å². The molecular formula is C16H25N3O4. The molecule has 0 heterocycles. The largest absolute Gasteiger partial charge is 0.508 e. The van der Waals surface area contributed by atoms with Crippen molar-refractivity contribution in [3.8, 4) is 5.75 Å². The predicted molar refractivity (Wildman–Crippen MR) is 88.3 cm³/mol. The van der Waals surface area contributed by atoms with Crippen LogP contribution in [0.3, 0.4) is 0 Å². The van der Waals surface area contributed by atoms with Crippen LogP contribution in [-0.4, -0.2) is 41.2 Å². The fourth-order valence-electron chi connectivity index (χ4n) is 2.09. The van der Waals surface area contributed by atoms with E-state index in [9.17, 15) is 19.8 Å². The lowest BCUT2D eigenvalue weighted by molar-refractivity contribution is -0.141. The molecule has 0 unspecified atom stereocenters. The van der Waals surface area contributed by atoms with Crippen molar-refractivity contribution in [3.05, 3.63) is 24.3 Å². The van der Waals surface area contributed by atoms with Crippen molar-refractivity contribution in [2.75, 3.05) is 18.4 Å². The second-order valence-corrected chi connectivity index (χ2v) is 5.35. The van der Waals surface area contributed by atoms with Gasteiger partial charge in [0, 0.05) is 5.69 Å². The van der Waals surface area contributed by atoms with Crippen molar-refractivity contribution >= 4 is 17.6 Å². The number of amides is 1.